The van der Waals surface area contributed by atoms with Gasteiger partial charge < -0.3 is 4.90 Å². The summed E-state index contributed by atoms with van der Waals surface area (Å²) in [5.41, 5.74) is 10.0. The molecule has 1 saturated carbocycles. The van der Waals surface area contributed by atoms with Crippen molar-refractivity contribution in [2.45, 2.75) is 38.0 Å². The third kappa shape index (κ3) is 5.36. The van der Waals surface area contributed by atoms with E-state index in [4.69, 9.17) is 0 Å². The molecule has 8 aromatic rings. The summed E-state index contributed by atoms with van der Waals surface area (Å²) in [4.78, 5) is 2.43. The zero-order chi connectivity index (χ0) is 32.6. The van der Waals surface area contributed by atoms with Crippen LogP contribution in [0.5, 0.6) is 0 Å². The van der Waals surface area contributed by atoms with E-state index in [1.165, 1.54) is 97.9 Å². The van der Waals surface area contributed by atoms with Gasteiger partial charge in [0.15, 0.2) is 0 Å². The van der Waals surface area contributed by atoms with Crippen molar-refractivity contribution in [2.75, 3.05) is 4.90 Å². The Morgan fingerprint density at radius 2 is 1.02 bits per heavy atom. The lowest BCUT2D eigenvalue weighted by Gasteiger charge is -2.29. The van der Waals surface area contributed by atoms with E-state index in [0.29, 0.717) is 5.92 Å². The molecule has 0 atom stereocenters. The van der Waals surface area contributed by atoms with Gasteiger partial charge in [-0.05, 0) is 104 Å². The summed E-state index contributed by atoms with van der Waals surface area (Å²) in [5.74, 6) is 0.621. The quantitative estimate of drug-likeness (QED) is 0.165. The van der Waals surface area contributed by atoms with Crippen LogP contribution >= 0.6 is 0 Å². The molecule has 8 aromatic carbocycles. The minimum Gasteiger partial charge on any atom is -0.310 e. The van der Waals surface area contributed by atoms with Gasteiger partial charge in [0.1, 0.15) is 0 Å². The highest BCUT2D eigenvalue weighted by Crippen LogP contribution is 2.46. The van der Waals surface area contributed by atoms with E-state index in [1.54, 1.807) is 0 Å². The molecule has 1 aliphatic carbocycles. The van der Waals surface area contributed by atoms with Crippen LogP contribution in [-0.4, -0.2) is 0 Å². The molecule has 1 fully saturated rings. The van der Waals surface area contributed by atoms with Crippen LogP contribution in [0.15, 0.2) is 170 Å². The lowest BCUT2D eigenvalue weighted by atomic mass is 9.80. The third-order valence-electron chi connectivity index (χ3n) is 10.7. The third-order valence-corrected chi connectivity index (χ3v) is 10.7. The molecule has 1 heteroatoms. The van der Waals surface area contributed by atoms with E-state index in [0.717, 1.165) is 11.4 Å². The molecule has 0 aliphatic heterocycles. The molecule has 0 bridgehead atoms. The number of hydrogen-bond acceptors (Lipinski definition) is 1. The molecule has 9 rings (SSSR count). The van der Waals surface area contributed by atoms with Gasteiger partial charge in [-0.2, -0.15) is 0 Å². The predicted molar refractivity (Wildman–Crippen MR) is 210 cm³/mol. The molecule has 0 saturated heterocycles. The summed E-state index contributed by atoms with van der Waals surface area (Å²) in [6, 6.07) is 62.6. The lowest BCUT2D eigenvalue weighted by molar-refractivity contribution is 0.445. The Hall–Kier alpha value is -5.66. The highest BCUT2D eigenvalue weighted by atomic mass is 15.1. The Kier molecular flexibility index (Phi) is 7.67. The molecule has 0 aromatic heterocycles. The van der Waals surface area contributed by atoms with Gasteiger partial charge in [0.05, 0.1) is 5.69 Å². The molecule has 1 nitrogen and oxygen atoms in total. The second kappa shape index (κ2) is 12.7. The molecule has 0 amide bonds. The normalized spacial score (nSPS) is 13.6. The average molecular weight is 630 g/mol. The number of nitrogens with zero attached hydrogens (tertiary/aromatic N) is 1. The smallest absolute Gasteiger partial charge is 0.0540 e. The van der Waals surface area contributed by atoms with Gasteiger partial charge in [-0.25, -0.2) is 0 Å². The van der Waals surface area contributed by atoms with Gasteiger partial charge in [-0.1, -0.05) is 159 Å². The standard InChI is InChI=1S/C48H39N/c1-3-14-34(15-4-1)42-24-11-17-37-18-12-26-46(48(37)42)45-22-9-10-27-47(45)49(38-19-5-2-6-20-38)39-31-28-36(29-32-39)41-23-13-25-43-40-21-8-7-16-35(40)30-33-44(41)43/h2,5-13,16-34H,1,3-4,14-15H2. The second-order valence-electron chi connectivity index (χ2n) is 13.5. The number of anilines is 3. The fourth-order valence-corrected chi connectivity index (χ4v) is 8.33. The zero-order valence-corrected chi connectivity index (χ0v) is 27.7. The van der Waals surface area contributed by atoms with Crippen molar-refractivity contribution in [3.63, 3.8) is 0 Å². The Balaban J connectivity index is 1.19. The summed E-state index contributed by atoms with van der Waals surface area (Å²) >= 11 is 0. The molecular weight excluding hydrogens is 591 g/mol. The number of rotatable bonds is 6. The summed E-state index contributed by atoms with van der Waals surface area (Å²) in [7, 11) is 0. The fourth-order valence-electron chi connectivity index (χ4n) is 8.33. The van der Waals surface area contributed by atoms with E-state index in [1.807, 2.05) is 0 Å². The second-order valence-corrected chi connectivity index (χ2v) is 13.5. The first kappa shape index (κ1) is 29.5. The fraction of sp³-hybridized carbons (Fsp3) is 0.125. The summed E-state index contributed by atoms with van der Waals surface area (Å²) < 4.78 is 0. The number of para-hydroxylation sites is 2. The topological polar surface area (TPSA) is 3.24 Å². The van der Waals surface area contributed by atoms with E-state index in [-0.39, 0.29) is 0 Å². The van der Waals surface area contributed by atoms with Crippen molar-refractivity contribution in [1.29, 1.82) is 0 Å². The largest absolute Gasteiger partial charge is 0.310 e. The van der Waals surface area contributed by atoms with Gasteiger partial charge in [-0.15, -0.1) is 0 Å². The monoisotopic (exact) mass is 629 g/mol. The van der Waals surface area contributed by atoms with Gasteiger partial charge in [0, 0.05) is 16.9 Å². The Morgan fingerprint density at radius 1 is 0.388 bits per heavy atom. The number of benzene rings is 8. The predicted octanol–water partition coefficient (Wildman–Crippen LogP) is 14.0. The van der Waals surface area contributed by atoms with Crippen LogP contribution < -0.4 is 4.90 Å². The Bertz CT molecular complexity index is 2410. The number of hydrogen-bond donors (Lipinski definition) is 0. The van der Waals surface area contributed by atoms with Crippen molar-refractivity contribution >= 4 is 49.4 Å². The van der Waals surface area contributed by atoms with Crippen molar-refractivity contribution in [2.24, 2.45) is 0 Å². The van der Waals surface area contributed by atoms with E-state index in [9.17, 15) is 0 Å². The molecule has 0 heterocycles. The maximum Gasteiger partial charge on any atom is 0.0540 e. The molecule has 49 heavy (non-hydrogen) atoms. The molecule has 0 unspecified atom stereocenters. The van der Waals surface area contributed by atoms with Crippen LogP contribution in [0, 0.1) is 0 Å². The van der Waals surface area contributed by atoms with Crippen molar-refractivity contribution in [3.8, 4) is 22.3 Å². The molecule has 0 N–H and O–H groups in total. The highest BCUT2D eigenvalue weighted by Gasteiger charge is 2.22. The van der Waals surface area contributed by atoms with E-state index >= 15 is 0 Å². The van der Waals surface area contributed by atoms with Crippen molar-refractivity contribution < 1.29 is 0 Å². The van der Waals surface area contributed by atoms with Crippen LogP contribution in [0.25, 0.3) is 54.6 Å². The van der Waals surface area contributed by atoms with Crippen LogP contribution in [0.4, 0.5) is 17.1 Å². The zero-order valence-electron chi connectivity index (χ0n) is 27.7. The van der Waals surface area contributed by atoms with Crippen molar-refractivity contribution in [3.05, 3.63) is 175 Å². The minimum atomic E-state index is 0.621. The first-order valence-electron chi connectivity index (χ1n) is 17.8. The maximum absolute atomic E-state index is 2.43. The Labute approximate surface area is 289 Å². The van der Waals surface area contributed by atoms with Gasteiger partial charge in [-0.3, -0.25) is 0 Å². The van der Waals surface area contributed by atoms with Gasteiger partial charge in [0.25, 0.3) is 0 Å². The van der Waals surface area contributed by atoms with Crippen LogP contribution in [-0.2, 0) is 0 Å². The molecule has 236 valence electrons. The van der Waals surface area contributed by atoms with Crippen LogP contribution in [0.1, 0.15) is 43.6 Å². The SMILES string of the molecule is c1ccc(N(c2ccc(-c3cccc4c3ccc3ccccc34)cc2)c2ccccc2-c2cccc3cccc(C4CCCCC4)c23)cc1. The lowest BCUT2D eigenvalue weighted by Crippen LogP contribution is -2.11. The van der Waals surface area contributed by atoms with Gasteiger partial charge >= 0.3 is 0 Å². The van der Waals surface area contributed by atoms with Crippen LogP contribution in [0.2, 0.25) is 0 Å². The summed E-state index contributed by atoms with van der Waals surface area (Å²) in [6.07, 6.45) is 6.58. The molecule has 0 radical (unpaired) electrons. The molecular formula is C48H39N. The first-order chi connectivity index (χ1) is 24.3. The van der Waals surface area contributed by atoms with E-state index < -0.39 is 0 Å². The Morgan fingerprint density at radius 3 is 1.88 bits per heavy atom. The van der Waals surface area contributed by atoms with Crippen LogP contribution in [0.3, 0.4) is 0 Å². The molecule has 0 spiro atoms. The first-order valence-corrected chi connectivity index (χ1v) is 17.8. The molecule has 1 aliphatic rings. The maximum atomic E-state index is 2.43. The van der Waals surface area contributed by atoms with Crippen molar-refractivity contribution in [1.82, 2.24) is 0 Å². The van der Waals surface area contributed by atoms with E-state index in [2.05, 4.69) is 175 Å². The van der Waals surface area contributed by atoms with Gasteiger partial charge in [0.2, 0.25) is 0 Å². The summed E-state index contributed by atoms with van der Waals surface area (Å²) in [5, 5.41) is 7.89. The highest BCUT2D eigenvalue weighted by molar-refractivity contribution is 6.12. The average Bonchev–Trinajstić information content (AvgIpc) is 3.18. The summed E-state index contributed by atoms with van der Waals surface area (Å²) in [6.45, 7) is 0. The number of fused-ring (bicyclic) bond motifs is 4. The minimum absolute atomic E-state index is 0.621.